The number of nitrogens with one attached hydrogen (secondary N) is 2. The number of hydrogen-bond donors (Lipinski definition) is 2. The van der Waals surface area contributed by atoms with E-state index in [4.69, 9.17) is 11.6 Å². The second-order valence-electron chi connectivity index (χ2n) is 10.2. The number of carbonyl (C=O) groups is 3. The van der Waals surface area contributed by atoms with Crippen LogP contribution in [-0.4, -0.2) is 45.1 Å². The molecule has 1 aliphatic heterocycles. The number of fused-ring (bicyclic) bond motifs is 2. The molecule has 0 radical (unpaired) electrons. The van der Waals surface area contributed by atoms with Crippen LogP contribution in [0.25, 0.3) is 11.3 Å². The van der Waals surface area contributed by atoms with Gasteiger partial charge in [-0.1, -0.05) is 48.0 Å². The van der Waals surface area contributed by atoms with Gasteiger partial charge in [-0.15, -0.1) is 0 Å². The number of nitrogens with zero attached hydrogens (tertiary/aromatic N) is 3. The highest BCUT2D eigenvalue weighted by Gasteiger charge is 2.31. The number of aryl methyl sites for hydroxylation is 1. The Morgan fingerprint density at radius 2 is 1.84 bits per heavy atom. The smallest absolute Gasteiger partial charge is 0.254 e. The molecular formula is C29H28ClN5O3. The summed E-state index contributed by atoms with van der Waals surface area (Å²) >= 11 is 6.45. The number of rotatable bonds is 6. The second-order valence-corrected chi connectivity index (χ2v) is 10.6. The highest BCUT2D eigenvalue weighted by Crippen LogP contribution is 2.33. The summed E-state index contributed by atoms with van der Waals surface area (Å²) in [7, 11) is 0. The van der Waals surface area contributed by atoms with Crippen LogP contribution in [0.2, 0.25) is 5.02 Å². The summed E-state index contributed by atoms with van der Waals surface area (Å²) in [5.41, 5.74) is 5.09. The highest BCUT2D eigenvalue weighted by atomic mass is 35.5. The summed E-state index contributed by atoms with van der Waals surface area (Å²) in [6.45, 7) is 0.390. The topological polar surface area (TPSA) is 104 Å². The van der Waals surface area contributed by atoms with E-state index in [0.717, 1.165) is 36.8 Å². The maximum Gasteiger partial charge on any atom is 0.254 e. The van der Waals surface area contributed by atoms with Gasteiger partial charge in [-0.2, -0.15) is 0 Å². The van der Waals surface area contributed by atoms with Crippen LogP contribution in [0.1, 0.15) is 65.2 Å². The van der Waals surface area contributed by atoms with Gasteiger partial charge >= 0.3 is 0 Å². The summed E-state index contributed by atoms with van der Waals surface area (Å²) in [5, 5.41) is 6.80. The van der Waals surface area contributed by atoms with Crippen molar-refractivity contribution in [1.82, 2.24) is 20.2 Å². The first-order valence-electron chi connectivity index (χ1n) is 13.0. The van der Waals surface area contributed by atoms with E-state index in [1.54, 1.807) is 17.2 Å². The van der Waals surface area contributed by atoms with Crippen LogP contribution in [-0.2, 0) is 22.6 Å². The van der Waals surface area contributed by atoms with Gasteiger partial charge in [-0.25, -0.2) is 9.97 Å². The highest BCUT2D eigenvalue weighted by molar-refractivity contribution is 6.33. The molecule has 0 bridgehead atoms. The van der Waals surface area contributed by atoms with Crippen LogP contribution in [0.5, 0.6) is 0 Å². The molecule has 2 heterocycles. The van der Waals surface area contributed by atoms with Crippen LogP contribution in [0.3, 0.4) is 0 Å². The molecule has 2 aromatic carbocycles. The molecule has 3 aromatic rings. The molecular weight excluding hydrogens is 502 g/mol. The first kappa shape index (κ1) is 24.6. The van der Waals surface area contributed by atoms with Gasteiger partial charge in [0.25, 0.3) is 5.91 Å². The Bertz CT molecular complexity index is 1430. The van der Waals surface area contributed by atoms with Crippen molar-refractivity contribution in [2.75, 3.05) is 11.9 Å². The fourth-order valence-corrected chi connectivity index (χ4v) is 5.86. The van der Waals surface area contributed by atoms with Crippen LogP contribution in [0, 0.1) is 0 Å². The minimum absolute atomic E-state index is 0.00767. The molecule has 1 atom stereocenters. The Kier molecular flexibility index (Phi) is 6.57. The Labute approximate surface area is 225 Å². The number of halogens is 1. The third-order valence-corrected chi connectivity index (χ3v) is 7.96. The number of Topliss-reactive ketones (excluding diaryl/α,β-unsaturated/α-hetero) is 1. The molecule has 3 aliphatic rings. The molecule has 8 nitrogen and oxygen atoms in total. The lowest BCUT2D eigenvalue weighted by Crippen LogP contribution is -2.38. The molecule has 38 heavy (non-hydrogen) atoms. The SMILES string of the molecule is O=C1CCC(Nc2ncc(Cl)c(-c3ccc4c(c3)C(=O)N(CC(=O)NC3CCc5ccccc53)C4)n2)CC1. The predicted octanol–water partition coefficient (Wildman–Crippen LogP) is 4.48. The third-order valence-electron chi connectivity index (χ3n) is 7.69. The lowest BCUT2D eigenvalue weighted by Gasteiger charge is -2.22. The predicted molar refractivity (Wildman–Crippen MR) is 144 cm³/mol. The Morgan fingerprint density at radius 3 is 2.68 bits per heavy atom. The second kappa shape index (κ2) is 10.2. The van der Waals surface area contributed by atoms with Crippen molar-refractivity contribution in [2.45, 2.75) is 57.2 Å². The van der Waals surface area contributed by atoms with E-state index in [1.165, 1.54) is 5.56 Å². The maximum atomic E-state index is 13.2. The summed E-state index contributed by atoms with van der Waals surface area (Å²) < 4.78 is 0. The van der Waals surface area contributed by atoms with Gasteiger partial charge in [0.05, 0.1) is 23.0 Å². The average Bonchev–Trinajstić information content (AvgIpc) is 3.46. The largest absolute Gasteiger partial charge is 0.351 e. The average molecular weight is 530 g/mol. The van der Waals surface area contributed by atoms with Crippen molar-refractivity contribution in [2.24, 2.45) is 0 Å². The number of amides is 2. The molecule has 194 valence electrons. The van der Waals surface area contributed by atoms with E-state index in [2.05, 4.69) is 32.7 Å². The Hall–Kier alpha value is -3.78. The van der Waals surface area contributed by atoms with E-state index in [9.17, 15) is 14.4 Å². The number of benzene rings is 2. The monoisotopic (exact) mass is 529 g/mol. The third kappa shape index (κ3) is 4.88. The minimum atomic E-state index is -0.181. The van der Waals surface area contributed by atoms with E-state index < -0.39 is 0 Å². The number of ketones is 1. The van der Waals surface area contributed by atoms with Crippen LogP contribution in [0.15, 0.2) is 48.7 Å². The number of anilines is 1. The van der Waals surface area contributed by atoms with Gasteiger partial charge in [0, 0.05) is 36.6 Å². The standard InChI is InChI=1S/C29H28ClN5O3/c30-24-14-31-29(32-20-8-10-21(36)11-9-20)34-27(24)18-5-6-19-15-35(28(38)23(19)13-18)16-26(37)33-25-12-7-17-3-1-2-4-22(17)25/h1-6,13-14,20,25H,7-12,15-16H2,(H,33,37)(H,31,32,34). The fraction of sp³-hybridized carbons (Fsp3) is 0.345. The molecule has 9 heteroatoms. The van der Waals surface area contributed by atoms with Crippen LogP contribution < -0.4 is 10.6 Å². The van der Waals surface area contributed by atoms with E-state index in [-0.39, 0.29) is 30.4 Å². The van der Waals surface area contributed by atoms with Gasteiger partial charge in [0.15, 0.2) is 0 Å². The Balaban J connectivity index is 1.14. The van der Waals surface area contributed by atoms with Crippen LogP contribution in [0.4, 0.5) is 5.95 Å². The molecule has 2 amide bonds. The first-order valence-corrected chi connectivity index (χ1v) is 13.4. The molecule has 1 fully saturated rings. The quantitative estimate of drug-likeness (QED) is 0.488. The van der Waals surface area contributed by atoms with Gasteiger partial charge in [0.2, 0.25) is 11.9 Å². The molecule has 0 saturated heterocycles. The van der Waals surface area contributed by atoms with Crippen molar-refractivity contribution in [3.8, 4) is 11.3 Å². The van der Waals surface area contributed by atoms with Crippen molar-refractivity contribution >= 4 is 35.1 Å². The van der Waals surface area contributed by atoms with E-state index in [1.807, 2.05) is 24.3 Å². The van der Waals surface area contributed by atoms with E-state index in [0.29, 0.717) is 53.0 Å². The minimum Gasteiger partial charge on any atom is -0.351 e. The lowest BCUT2D eigenvalue weighted by atomic mass is 9.94. The van der Waals surface area contributed by atoms with Crippen molar-refractivity contribution < 1.29 is 14.4 Å². The molecule has 1 saturated carbocycles. The summed E-state index contributed by atoms with van der Waals surface area (Å²) in [4.78, 5) is 48.1. The first-order chi connectivity index (χ1) is 18.4. The molecule has 1 aromatic heterocycles. The number of aromatic nitrogens is 2. The summed E-state index contributed by atoms with van der Waals surface area (Å²) in [5.74, 6) is 0.396. The fourth-order valence-electron chi connectivity index (χ4n) is 5.66. The van der Waals surface area contributed by atoms with Gasteiger partial charge < -0.3 is 15.5 Å². The van der Waals surface area contributed by atoms with Gasteiger partial charge in [-0.05, 0) is 48.4 Å². The molecule has 2 N–H and O–H groups in total. The summed E-state index contributed by atoms with van der Waals surface area (Å²) in [6, 6.07) is 13.9. The van der Waals surface area contributed by atoms with Gasteiger partial charge in [0.1, 0.15) is 12.3 Å². The zero-order valence-corrected chi connectivity index (χ0v) is 21.6. The maximum absolute atomic E-state index is 13.2. The normalized spacial score (nSPS) is 18.9. The van der Waals surface area contributed by atoms with Crippen molar-refractivity contribution in [3.05, 3.63) is 75.9 Å². The lowest BCUT2D eigenvalue weighted by molar-refractivity contribution is -0.122. The zero-order valence-electron chi connectivity index (χ0n) is 20.9. The van der Waals surface area contributed by atoms with E-state index >= 15 is 0 Å². The van der Waals surface area contributed by atoms with Crippen molar-refractivity contribution in [1.29, 1.82) is 0 Å². The molecule has 0 spiro atoms. The number of hydrogen-bond acceptors (Lipinski definition) is 6. The number of carbonyl (C=O) groups excluding carboxylic acids is 3. The molecule has 1 unspecified atom stereocenters. The molecule has 2 aliphatic carbocycles. The summed E-state index contributed by atoms with van der Waals surface area (Å²) in [6.07, 6.45) is 6.00. The Morgan fingerprint density at radius 1 is 1.03 bits per heavy atom. The zero-order chi connectivity index (χ0) is 26.2. The van der Waals surface area contributed by atoms with Gasteiger partial charge in [-0.3, -0.25) is 14.4 Å². The van der Waals surface area contributed by atoms with Crippen molar-refractivity contribution in [3.63, 3.8) is 0 Å². The van der Waals surface area contributed by atoms with Crippen LogP contribution >= 0.6 is 11.6 Å². The molecule has 6 rings (SSSR count).